The summed E-state index contributed by atoms with van der Waals surface area (Å²) in [4.78, 5) is 17.3. The van der Waals surface area contributed by atoms with Gasteiger partial charge in [0.05, 0.1) is 12.0 Å². The molecular formula is C25H34N6O2S. The SMILES string of the molecule is CCn1c(SCC(=O)NCCCCN2CCN(c3cccc(C)c3)CC2)nnc1-c1ccco1. The number of piperazine rings is 1. The first-order valence-electron chi connectivity index (χ1n) is 12.0. The van der Waals surface area contributed by atoms with Gasteiger partial charge in [0, 0.05) is 45.0 Å². The van der Waals surface area contributed by atoms with E-state index >= 15 is 0 Å². The first-order chi connectivity index (χ1) is 16.6. The second-order valence-electron chi connectivity index (χ2n) is 8.54. The number of benzene rings is 1. The van der Waals surface area contributed by atoms with E-state index in [1.54, 1.807) is 6.26 Å². The van der Waals surface area contributed by atoms with Gasteiger partial charge in [-0.3, -0.25) is 14.3 Å². The second-order valence-corrected chi connectivity index (χ2v) is 9.48. The van der Waals surface area contributed by atoms with Crippen molar-refractivity contribution in [3.8, 4) is 11.6 Å². The minimum Gasteiger partial charge on any atom is -0.461 e. The van der Waals surface area contributed by atoms with Crippen LogP contribution in [0.25, 0.3) is 11.6 Å². The number of furan rings is 1. The monoisotopic (exact) mass is 482 g/mol. The molecule has 1 N–H and O–H groups in total. The van der Waals surface area contributed by atoms with Crippen LogP contribution in [0.4, 0.5) is 5.69 Å². The van der Waals surface area contributed by atoms with Crippen molar-refractivity contribution in [2.45, 2.75) is 38.4 Å². The Morgan fingerprint density at radius 1 is 1.12 bits per heavy atom. The summed E-state index contributed by atoms with van der Waals surface area (Å²) in [5, 5.41) is 12.2. The number of rotatable bonds is 11. The maximum Gasteiger partial charge on any atom is 0.230 e. The van der Waals surface area contributed by atoms with E-state index in [4.69, 9.17) is 4.42 Å². The molecule has 182 valence electrons. The van der Waals surface area contributed by atoms with Crippen molar-refractivity contribution in [3.05, 3.63) is 48.2 Å². The molecule has 0 radical (unpaired) electrons. The summed E-state index contributed by atoms with van der Waals surface area (Å²) in [7, 11) is 0. The highest BCUT2D eigenvalue weighted by Crippen LogP contribution is 2.24. The van der Waals surface area contributed by atoms with E-state index in [1.165, 1.54) is 23.0 Å². The van der Waals surface area contributed by atoms with E-state index in [0.717, 1.165) is 50.7 Å². The molecule has 34 heavy (non-hydrogen) atoms. The van der Waals surface area contributed by atoms with Crippen molar-refractivity contribution in [2.24, 2.45) is 0 Å². The number of thioether (sulfide) groups is 1. The fourth-order valence-corrected chi connectivity index (χ4v) is 5.02. The smallest absolute Gasteiger partial charge is 0.230 e. The zero-order chi connectivity index (χ0) is 23.8. The second kappa shape index (κ2) is 12.1. The fraction of sp³-hybridized carbons (Fsp3) is 0.480. The molecule has 1 amide bonds. The summed E-state index contributed by atoms with van der Waals surface area (Å²) < 4.78 is 7.40. The molecule has 0 atom stereocenters. The number of carbonyl (C=O) groups excluding carboxylic acids is 1. The average Bonchev–Trinajstić information content (AvgIpc) is 3.52. The number of aryl methyl sites for hydroxylation is 1. The third-order valence-corrected chi connectivity index (χ3v) is 7.04. The van der Waals surface area contributed by atoms with Crippen molar-refractivity contribution in [2.75, 3.05) is 49.9 Å². The van der Waals surface area contributed by atoms with Crippen LogP contribution in [-0.4, -0.2) is 70.6 Å². The van der Waals surface area contributed by atoms with Gasteiger partial charge in [-0.05, 0) is 63.1 Å². The molecule has 1 aliphatic rings. The van der Waals surface area contributed by atoms with Gasteiger partial charge >= 0.3 is 0 Å². The summed E-state index contributed by atoms with van der Waals surface area (Å²) in [6.45, 7) is 11.0. The van der Waals surface area contributed by atoms with Crippen LogP contribution >= 0.6 is 11.8 Å². The van der Waals surface area contributed by atoms with Gasteiger partial charge in [0.2, 0.25) is 5.91 Å². The number of nitrogens with one attached hydrogen (secondary N) is 1. The summed E-state index contributed by atoms with van der Waals surface area (Å²) in [5.74, 6) is 1.73. The van der Waals surface area contributed by atoms with E-state index in [9.17, 15) is 4.79 Å². The number of hydrogen-bond donors (Lipinski definition) is 1. The number of anilines is 1. The lowest BCUT2D eigenvalue weighted by molar-refractivity contribution is -0.118. The van der Waals surface area contributed by atoms with Crippen LogP contribution < -0.4 is 10.2 Å². The van der Waals surface area contributed by atoms with Gasteiger partial charge in [-0.1, -0.05) is 23.9 Å². The van der Waals surface area contributed by atoms with E-state index in [0.29, 0.717) is 30.4 Å². The molecule has 1 saturated heterocycles. The molecule has 9 heteroatoms. The quantitative estimate of drug-likeness (QED) is 0.330. The van der Waals surface area contributed by atoms with Gasteiger partial charge in [0.1, 0.15) is 0 Å². The molecule has 0 unspecified atom stereocenters. The maximum atomic E-state index is 12.3. The third-order valence-electron chi connectivity index (χ3n) is 6.07. The zero-order valence-electron chi connectivity index (χ0n) is 20.1. The third kappa shape index (κ3) is 6.42. The molecule has 0 bridgehead atoms. The van der Waals surface area contributed by atoms with E-state index in [1.807, 2.05) is 23.6 Å². The lowest BCUT2D eigenvalue weighted by Gasteiger charge is -2.36. The highest BCUT2D eigenvalue weighted by atomic mass is 32.2. The highest BCUT2D eigenvalue weighted by Gasteiger charge is 2.18. The number of aromatic nitrogens is 3. The first-order valence-corrected chi connectivity index (χ1v) is 13.0. The topological polar surface area (TPSA) is 79.4 Å². The van der Waals surface area contributed by atoms with Gasteiger partial charge in [-0.15, -0.1) is 10.2 Å². The Hall–Kier alpha value is -2.78. The largest absolute Gasteiger partial charge is 0.461 e. The molecule has 0 aliphatic carbocycles. The summed E-state index contributed by atoms with van der Waals surface area (Å²) >= 11 is 1.41. The standard InChI is InChI=1S/C25H34N6O2S/c1-3-31-24(22-10-7-17-33-22)27-28-25(31)34-19-23(32)26-11-4-5-12-29-13-15-30(16-14-29)21-9-6-8-20(2)18-21/h6-10,17-18H,3-5,11-16,19H2,1-2H3,(H,26,32). The molecule has 4 rings (SSSR count). The minimum absolute atomic E-state index is 0.0296. The zero-order valence-corrected chi connectivity index (χ0v) is 20.9. The van der Waals surface area contributed by atoms with Crippen LogP contribution in [0.15, 0.2) is 52.2 Å². The Labute approximate surface area is 205 Å². The van der Waals surface area contributed by atoms with Crippen LogP contribution in [0, 0.1) is 6.92 Å². The Balaban J connectivity index is 1.10. The summed E-state index contributed by atoms with van der Waals surface area (Å²) in [6, 6.07) is 12.4. The molecule has 1 fully saturated rings. The van der Waals surface area contributed by atoms with Crippen LogP contribution in [0.2, 0.25) is 0 Å². The predicted octanol–water partition coefficient (Wildman–Crippen LogP) is 3.68. The molecule has 0 spiro atoms. The van der Waals surface area contributed by atoms with Gasteiger partial charge in [0.15, 0.2) is 16.7 Å². The normalized spacial score (nSPS) is 14.5. The van der Waals surface area contributed by atoms with Gasteiger partial charge in [-0.25, -0.2) is 0 Å². The molecule has 2 aromatic heterocycles. The number of nitrogens with zero attached hydrogens (tertiary/aromatic N) is 5. The van der Waals surface area contributed by atoms with Crippen LogP contribution in [0.5, 0.6) is 0 Å². The summed E-state index contributed by atoms with van der Waals surface area (Å²) in [6.07, 6.45) is 3.70. The highest BCUT2D eigenvalue weighted by molar-refractivity contribution is 7.99. The molecular weight excluding hydrogens is 448 g/mol. The Morgan fingerprint density at radius 2 is 1.97 bits per heavy atom. The Kier molecular flexibility index (Phi) is 8.65. The van der Waals surface area contributed by atoms with E-state index in [-0.39, 0.29) is 5.91 Å². The van der Waals surface area contributed by atoms with Crippen LogP contribution in [0.1, 0.15) is 25.3 Å². The molecule has 0 saturated carbocycles. The lowest BCUT2D eigenvalue weighted by Crippen LogP contribution is -2.46. The molecule has 3 aromatic rings. The Morgan fingerprint density at radius 3 is 2.71 bits per heavy atom. The number of hydrogen-bond acceptors (Lipinski definition) is 7. The molecule has 1 aromatic carbocycles. The molecule has 3 heterocycles. The molecule has 8 nitrogen and oxygen atoms in total. The summed E-state index contributed by atoms with van der Waals surface area (Å²) in [5.41, 5.74) is 2.64. The van der Waals surface area contributed by atoms with Crippen molar-refractivity contribution >= 4 is 23.4 Å². The van der Waals surface area contributed by atoms with Crippen molar-refractivity contribution < 1.29 is 9.21 Å². The van der Waals surface area contributed by atoms with Gasteiger partial charge in [0.25, 0.3) is 0 Å². The number of unbranched alkanes of at least 4 members (excludes halogenated alkanes) is 1. The van der Waals surface area contributed by atoms with Crippen molar-refractivity contribution in [1.82, 2.24) is 25.0 Å². The fourth-order valence-electron chi connectivity index (χ4n) is 4.19. The predicted molar refractivity (Wildman–Crippen MR) is 136 cm³/mol. The van der Waals surface area contributed by atoms with Gasteiger partial charge < -0.3 is 14.6 Å². The Bertz CT molecular complexity index is 1040. The van der Waals surface area contributed by atoms with E-state index < -0.39 is 0 Å². The first kappa shape index (κ1) is 24.3. The van der Waals surface area contributed by atoms with Gasteiger partial charge in [-0.2, -0.15) is 0 Å². The van der Waals surface area contributed by atoms with Crippen LogP contribution in [-0.2, 0) is 11.3 Å². The maximum absolute atomic E-state index is 12.3. The van der Waals surface area contributed by atoms with Crippen molar-refractivity contribution in [3.63, 3.8) is 0 Å². The molecule has 1 aliphatic heterocycles. The lowest BCUT2D eigenvalue weighted by atomic mass is 10.2. The number of amides is 1. The van der Waals surface area contributed by atoms with Crippen molar-refractivity contribution in [1.29, 1.82) is 0 Å². The average molecular weight is 483 g/mol. The minimum atomic E-state index is 0.0296. The number of carbonyl (C=O) groups is 1. The van der Waals surface area contributed by atoms with E-state index in [2.05, 4.69) is 56.5 Å². The van der Waals surface area contributed by atoms with Crippen LogP contribution in [0.3, 0.4) is 0 Å².